The monoisotopic (exact) mass is 470 g/mol. The molecule has 0 radical (unpaired) electrons. The van der Waals surface area contributed by atoms with E-state index < -0.39 is 10.0 Å². The summed E-state index contributed by atoms with van der Waals surface area (Å²) in [6, 6.07) is 24.8. The maximum absolute atomic E-state index is 13.0. The van der Waals surface area contributed by atoms with E-state index in [-0.39, 0.29) is 12.5 Å². The first kappa shape index (κ1) is 22.2. The first-order valence-corrected chi connectivity index (χ1v) is 13.1. The first-order valence-electron chi connectivity index (χ1n) is 11.3. The van der Waals surface area contributed by atoms with Gasteiger partial charge >= 0.3 is 0 Å². The summed E-state index contributed by atoms with van der Waals surface area (Å²) in [4.78, 5) is 13.0. The van der Waals surface area contributed by atoms with Gasteiger partial charge in [0.1, 0.15) is 0 Å². The van der Waals surface area contributed by atoms with Crippen molar-refractivity contribution in [2.45, 2.75) is 26.3 Å². The Balaban J connectivity index is 1.37. The van der Waals surface area contributed by atoms with Crippen LogP contribution in [0.2, 0.25) is 0 Å². The van der Waals surface area contributed by atoms with Gasteiger partial charge in [-0.25, -0.2) is 8.42 Å². The van der Waals surface area contributed by atoms with Crippen molar-refractivity contribution < 1.29 is 13.2 Å². The van der Waals surface area contributed by atoms with E-state index in [4.69, 9.17) is 0 Å². The molecule has 172 valence electrons. The Bertz CT molecular complexity index is 1500. The number of nitrogens with one attached hydrogen (secondary N) is 1. The van der Waals surface area contributed by atoms with Crippen LogP contribution in [0.25, 0.3) is 10.8 Å². The number of hydrogen-bond acceptors (Lipinski definition) is 3. The Morgan fingerprint density at radius 1 is 0.882 bits per heavy atom. The molecule has 0 bridgehead atoms. The van der Waals surface area contributed by atoms with Gasteiger partial charge in [0, 0.05) is 16.6 Å². The molecule has 1 aliphatic carbocycles. The topological polar surface area (TPSA) is 66.5 Å². The fourth-order valence-corrected chi connectivity index (χ4v) is 5.65. The smallest absolute Gasteiger partial charge is 0.255 e. The molecule has 0 saturated carbocycles. The normalized spacial score (nSPS) is 12.6. The van der Waals surface area contributed by atoms with Crippen LogP contribution < -0.4 is 9.62 Å². The van der Waals surface area contributed by atoms with Gasteiger partial charge in [0.2, 0.25) is 10.0 Å². The highest BCUT2D eigenvalue weighted by Gasteiger charge is 2.20. The van der Waals surface area contributed by atoms with Crippen LogP contribution in [0, 0.1) is 6.92 Å². The summed E-state index contributed by atoms with van der Waals surface area (Å²) in [5.41, 5.74) is 6.32. The lowest BCUT2D eigenvalue weighted by molar-refractivity contribution is 0.102. The number of nitrogens with zero attached hydrogens (tertiary/aromatic N) is 1. The molecule has 0 spiro atoms. The fourth-order valence-electron chi connectivity index (χ4n) is 4.70. The molecular formula is C28H26N2O3S. The Kier molecular flexibility index (Phi) is 5.62. The lowest BCUT2D eigenvalue weighted by Gasteiger charge is -2.24. The lowest BCUT2D eigenvalue weighted by Crippen LogP contribution is -2.29. The number of carbonyl (C=O) groups is 1. The van der Waals surface area contributed by atoms with Gasteiger partial charge in [-0.3, -0.25) is 9.10 Å². The van der Waals surface area contributed by atoms with Crippen LogP contribution in [-0.4, -0.2) is 20.6 Å². The molecule has 0 aliphatic heterocycles. The van der Waals surface area contributed by atoms with Crippen LogP contribution in [-0.2, 0) is 29.4 Å². The summed E-state index contributed by atoms with van der Waals surface area (Å²) >= 11 is 0. The van der Waals surface area contributed by atoms with E-state index in [2.05, 4.69) is 23.5 Å². The number of sulfonamides is 1. The third-order valence-corrected chi connectivity index (χ3v) is 7.58. The van der Waals surface area contributed by atoms with E-state index in [1.165, 1.54) is 27.1 Å². The summed E-state index contributed by atoms with van der Waals surface area (Å²) in [6.07, 6.45) is 3.29. The SMILES string of the molecule is Cc1ccccc1N(Cc1ccc(C(=O)Nc2ccc3c4c(cccc24)CC3)cc1)S(C)(=O)=O. The van der Waals surface area contributed by atoms with Gasteiger partial charge in [-0.05, 0) is 71.7 Å². The molecule has 0 atom stereocenters. The second kappa shape index (κ2) is 8.61. The van der Waals surface area contributed by atoms with Gasteiger partial charge in [-0.15, -0.1) is 0 Å². The number of amides is 1. The number of carbonyl (C=O) groups excluding carboxylic acids is 1. The Hall–Kier alpha value is -3.64. The van der Waals surface area contributed by atoms with Crippen LogP contribution in [0.15, 0.2) is 78.9 Å². The van der Waals surface area contributed by atoms with Crippen molar-refractivity contribution in [2.75, 3.05) is 15.9 Å². The molecule has 4 aromatic rings. The summed E-state index contributed by atoms with van der Waals surface area (Å²) in [5, 5.41) is 5.38. The van der Waals surface area contributed by atoms with E-state index in [9.17, 15) is 13.2 Å². The van der Waals surface area contributed by atoms with Crippen molar-refractivity contribution >= 4 is 38.1 Å². The van der Waals surface area contributed by atoms with Gasteiger partial charge in [-0.1, -0.05) is 54.6 Å². The van der Waals surface area contributed by atoms with Crippen molar-refractivity contribution in [3.63, 3.8) is 0 Å². The van der Waals surface area contributed by atoms with Gasteiger partial charge < -0.3 is 5.32 Å². The molecule has 6 heteroatoms. The quantitative estimate of drug-likeness (QED) is 0.407. The molecule has 5 nitrogen and oxygen atoms in total. The van der Waals surface area contributed by atoms with Gasteiger partial charge in [0.05, 0.1) is 18.5 Å². The van der Waals surface area contributed by atoms with Crippen LogP contribution in [0.5, 0.6) is 0 Å². The zero-order chi connectivity index (χ0) is 23.9. The van der Waals surface area contributed by atoms with Crippen molar-refractivity contribution in [1.29, 1.82) is 0 Å². The van der Waals surface area contributed by atoms with Crippen LogP contribution >= 0.6 is 0 Å². The van der Waals surface area contributed by atoms with Gasteiger partial charge in [-0.2, -0.15) is 0 Å². The van der Waals surface area contributed by atoms with Crippen LogP contribution in [0.3, 0.4) is 0 Å². The van der Waals surface area contributed by atoms with Gasteiger partial charge in [0.15, 0.2) is 0 Å². The molecule has 1 amide bonds. The zero-order valence-electron chi connectivity index (χ0n) is 19.2. The molecule has 4 aromatic carbocycles. The minimum absolute atomic E-state index is 0.191. The molecule has 0 heterocycles. The molecule has 1 N–H and O–H groups in total. The predicted octanol–water partition coefficient (Wildman–Crippen LogP) is 5.47. The number of para-hydroxylation sites is 1. The summed E-state index contributed by atoms with van der Waals surface area (Å²) in [5.74, 6) is -0.191. The minimum atomic E-state index is -3.47. The van der Waals surface area contributed by atoms with Crippen LogP contribution in [0.4, 0.5) is 11.4 Å². The average Bonchev–Trinajstić information content (AvgIpc) is 3.24. The molecule has 0 unspecified atom stereocenters. The summed E-state index contributed by atoms with van der Waals surface area (Å²) < 4.78 is 26.4. The predicted molar refractivity (Wildman–Crippen MR) is 138 cm³/mol. The average molecular weight is 471 g/mol. The molecule has 0 aromatic heterocycles. The number of hydrogen-bond donors (Lipinski definition) is 1. The largest absolute Gasteiger partial charge is 0.321 e. The second-order valence-corrected chi connectivity index (χ2v) is 10.7. The highest BCUT2D eigenvalue weighted by Crippen LogP contribution is 2.35. The third-order valence-electron chi connectivity index (χ3n) is 6.45. The Morgan fingerprint density at radius 2 is 1.59 bits per heavy atom. The molecular weight excluding hydrogens is 444 g/mol. The van der Waals surface area contributed by atoms with E-state index in [1.54, 1.807) is 30.3 Å². The lowest BCUT2D eigenvalue weighted by atomic mass is 10.0. The number of benzene rings is 4. The molecule has 1 aliphatic rings. The van der Waals surface area contributed by atoms with Crippen molar-refractivity contribution in [2.24, 2.45) is 0 Å². The Labute approximate surface area is 200 Å². The third kappa shape index (κ3) is 4.17. The highest BCUT2D eigenvalue weighted by molar-refractivity contribution is 7.92. The van der Waals surface area contributed by atoms with E-state index in [1.807, 2.05) is 37.3 Å². The van der Waals surface area contributed by atoms with Crippen molar-refractivity contribution in [3.8, 4) is 0 Å². The molecule has 0 fully saturated rings. The van der Waals surface area contributed by atoms with E-state index in [0.29, 0.717) is 11.3 Å². The van der Waals surface area contributed by atoms with Crippen molar-refractivity contribution in [3.05, 3.63) is 107 Å². The number of anilines is 2. The molecule has 0 saturated heterocycles. The van der Waals surface area contributed by atoms with Crippen molar-refractivity contribution in [1.82, 2.24) is 0 Å². The zero-order valence-corrected chi connectivity index (χ0v) is 20.0. The second-order valence-electron chi connectivity index (χ2n) is 8.82. The highest BCUT2D eigenvalue weighted by atomic mass is 32.2. The summed E-state index contributed by atoms with van der Waals surface area (Å²) in [6.45, 7) is 2.08. The van der Waals surface area contributed by atoms with Gasteiger partial charge in [0.25, 0.3) is 5.91 Å². The van der Waals surface area contributed by atoms with E-state index >= 15 is 0 Å². The minimum Gasteiger partial charge on any atom is -0.321 e. The molecule has 34 heavy (non-hydrogen) atoms. The van der Waals surface area contributed by atoms with E-state index in [0.717, 1.165) is 35.0 Å². The Morgan fingerprint density at radius 3 is 2.29 bits per heavy atom. The number of aryl methyl sites for hydroxylation is 3. The van der Waals surface area contributed by atoms with Crippen LogP contribution in [0.1, 0.15) is 32.6 Å². The number of rotatable bonds is 6. The standard InChI is InChI=1S/C28H26N2O3S/c1-19-6-3-4-9-26(19)30(34(2,32)33)18-20-10-12-23(13-11-20)28(31)29-25-17-16-22-15-14-21-7-5-8-24(25)27(21)22/h3-13,16-17H,14-15,18H2,1-2H3,(H,29,31). The molecule has 5 rings (SSSR count). The first-order chi connectivity index (χ1) is 16.3. The summed E-state index contributed by atoms with van der Waals surface area (Å²) in [7, 11) is -3.47. The fraction of sp³-hybridized carbons (Fsp3) is 0.179. The maximum atomic E-state index is 13.0. The maximum Gasteiger partial charge on any atom is 0.255 e.